The minimum Gasteiger partial charge on any atom is -0.495 e. The van der Waals surface area contributed by atoms with Gasteiger partial charge in [0.1, 0.15) is 29.7 Å². The molecule has 0 bridgehead atoms. The van der Waals surface area contributed by atoms with E-state index in [0.717, 1.165) is 31.6 Å². The van der Waals surface area contributed by atoms with Crippen molar-refractivity contribution in [3.8, 4) is 24.0 Å². The number of nitriles is 3. The Bertz CT molecular complexity index is 711. The second-order valence-electron chi connectivity index (χ2n) is 5.14. The number of anilines is 2. The van der Waals surface area contributed by atoms with Gasteiger partial charge in [-0.3, -0.25) is 0 Å². The maximum absolute atomic E-state index is 9.09. The fraction of sp³-hybridized carbons (Fsp3) is 0.353. The average Bonchev–Trinajstić information content (AvgIpc) is 2.62. The van der Waals surface area contributed by atoms with Gasteiger partial charge in [0.05, 0.1) is 12.8 Å². The predicted octanol–water partition coefficient (Wildman–Crippen LogP) is 2.92. The Morgan fingerprint density at radius 2 is 1.78 bits per heavy atom. The number of benzene rings is 1. The average molecular weight is 307 g/mol. The molecule has 23 heavy (non-hydrogen) atoms. The summed E-state index contributed by atoms with van der Waals surface area (Å²) in [7, 11) is 1.60. The highest BCUT2D eigenvalue weighted by Gasteiger charge is 2.16. The van der Waals surface area contributed by atoms with Crippen LogP contribution in [0.3, 0.4) is 0 Å². The molecule has 1 saturated heterocycles. The van der Waals surface area contributed by atoms with Crippen LogP contribution in [0.1, 0.15) is 19.3 Å². The van der Waals surface area contributed by atoms with E-state index in [1.165, 1.54) is 6.42 Å². The van der Waals surface area contributed by atoms with Crippen molar-refractivity contribution in [2.75, 3.05) is 30.4 Å². The van der Waals surface area contributed by atoms with Gasteiger partial charge in [-0.05, 0) is 31.4 Å². The van der Waals surface area contributed by atoms with Crippen molar-refractivity contribution in [1.82, 2.24) is 0 Å². The summed E-state index contributed by atoms with van der Waals surface area (Å²) < 4.78 is 5.46. The fourth-order valence-corrected chi connectivity index (χ4v) is 2.58. The van der Waals surface area contributed by atoms with Crippen LogP contribution in [0.25, 0.3) is 0 Å². The monoisotopic (exact) mass is 307 g/mol. The molecule has 0 saturated carbocycles. The Balaban J connectivity index is 2.29. The third-order valence-electron chi connectivity index (χ3n) is 3.73. The van der Waals surface area contributed by atoms with E-state index >= 15 is 0 Å². The van der Waals surface area contributed by atoms with Crippen LogP contribution in [0.15, 0.2) is 29.5 Å². The van der Waals surface area contributed by atoms with Crippen LogP contribution < -0.4 is 15.0 Å². The highest BCUT2D eigenvalue weighted by Crippen LogP contribution is 2.33. The van der Waals surface area contributed by atoms with Gasteiger partial charge in [-0.15, -0.1) is 0 Å². The number of methoxy groups -OCH3 is 1. The molecule has 1 aliphatic heterocycles. The molecule has 0 spiro atoms. The molecule has 116 valence electrons. The van der Waals surface area contributed by atoms with E-state index in [1.807, 2.05) is 18.2 Å². The first kappa shape index (κ1) is 16.2. The number of nitrogens with zero attached hydrogens (tertiary/aromatic N) is 4. The molecule has 1 fully saturated rings. The van der Waals surface area contributed by atoms with E-state index in [0.29, 0.717) is 11.4 Å². The second kappa shape index (κ2) is 7.73. The van der Waals surface area contributed by atoms with E-state index in [1.54, 1.807) is 25.3 Å². The van der Waals surface area contributed by atoms with E-state index in [-0.39, 0.29) is 11.3 Å². The summed E-state index contributed by atoms with van der Waals surface area (Å²) in [6.45, 7) is 2.00. The first-order chi connectivity index (χ1) is 11.2. The van der Waals surface area contributed by atoms with Crippen LogP contribution in [-0.2, 0) is 0 Å². The van der Waals surface area contributed by atoms with Crippen molar-refractivity contribution in [2.45, 2.75) is 19.3 Å². The number of ether oxygens (including phenoxy) is 1. The van der Waals surface area contributed by atoms with Gasteiger partial charge < -0.3 is 15.0 Å². The van der Waals surface area contributed by atoms with E-state index in [2.05, 4.69) is 10.2 Å². The Morgan fingerprint density at radius 3 is 2.35 bits per heavy atom. The van der Waals surface area contributed by atoms with Crippen molar-refractivity contribution < 1.29 is 4.74 Å². The zero-order chi connectivity index (χ0) is 16.7. The van der Waals surface area contributed by atoms with Gasteiger partial charge in [-0.2, -0.15) is 15.8 Å². The van der Waals surface area contributed by atoms with E-state index in [9.17, 15) is 0 Å². The molecule has 0 amide bonds. The molecule has 1 N–H and O–H groups in total. The van der Waals surface area contributed by atoms with Crippen molar-refractivity contribution >= 4 is 11.4 Å². The molecular formula is C17H17N5O. The quantitative estimate of drug-likeness (QED) is 0.859. The van der Waals surface area contributed by atoms with Crippen molar-refractivity contribution in [3.63, 3.8) is 0 Å². The zero-order valence-corrected chi connectivity index (χ0v) is 13.0. The molecule has 0 unspecified atom stereocenters. The summed E-state index contributed by atoms with van der Waals surface area (Å²) in [6, 6.07) is 10.8. The molecule has 0 atom stereocenters. The molecule has 1 heterocycles. The standard InChI is InChI=1S/C17H17N5O/c1-23-17-9-14(21-15(12-20)13(10-18)11-19)5-6-16(17)22-7-3-2-4-8-22/h5-6,9,21H,2-4,7-8H2,1H3. The molecule has 6 heteroatoms. The van der Waals surface area contributed by atoms with Gasteiger partial charge in [-0.1, -0.05) is 0 Å². The van der Waals surface area contributed by atoms with Crippen molar-refractivity contribution in [1.29, 1.82) is 15.8 Å². The summed E-state index contributed by atoms with van der Waals surface area (Å²) in [6.07, 6.45) is 3.58. The number of piperidine rings is 1. The summed E-state index contributed by atoms with van der Waals surface area (Å²) >= 11 is 0. The van der Waals surface area contributed by atoms with Crippen LogP contribution in [-0.4, -0.2) is 20.2 Å². The first-order valence-corrected chi connectivity index (χ1v) is 7.38. The number of allylic oxidation sites excluding steroid dienone is 2. The lowest BCUT2D eigenvalue weighted by Gasteiger charge is -2.30. The van der Waals surface area contributed by atoms with E-state index in [4.69, 9.17) is 20.5 Å². The SMILES string of the molecule is COc1cc(NC(C#N)=C(C#N)C#N)ccc1N1CCCCC1. The number of hydrogen-bond donors (Lipinski definition) is 1. The molecule has 0 aromatic heterocycles. The minimum atomic E-state index is -0.244. The van der Waals surface area contributed by atoms with Gasteiger partial charge in [0.15, 0.2) is 5.57 Å². The van der Waals surface area contributed by atoms with Gasteiger partial charge in [0.2, 0.25) is 0 Å². The van der Waals surface area contributed by atoms with Crippen LogP contribution in [0.2, 0.25) is 0 Å². The second-order valence-corrected chi connectivity index (χ2v) is 5.14. The number of nitrogens with one attached hydrogen (secondary N) is 1. The topological polar surface area (TPSA) is 95.9 Å². The molecule has 0 aliphatic carbocycles. The third kappa shape index (κ3) is 3.73. The predicted molar refractivity (Wildman–Crippen MR) is 86.5 cm³/mol. The number of rotatable bonds is 4. The first-order valence-electron chi connectivity index (χ1n) is 7.38. The lowest BCUT2D eigenvalue weighted by atomic mass is 10.1. The molecule has 1 aliphatic rings. The maximum atomic E-state index is 9.09. The molecule has 1 aromatic rings. The Kier molecular flexibility index (Phi) is 5.45. The van der Waals surface area contributed by atoms with Gasteiger partial charge >= 0.3 is 0 Å². The Labute approximate surface area is 135 Å². The molecule has 2 rings (SSSR count). The Morgan fingerprint density at radius 1 is 1.09 bits per heavy atom. The maximum Gasteiger partial charge on any atom is 0.163 e. The van der Waals surface area contributed by atoms with Crippen LogP contribution >= 0.6 is 0 Å². The molecule has 0 radical (unpaired) electrons. The highest BCUT2D eigenvalue weighted by molar-refractivity contribution is 5.68. The van der Waals surface area contributed by atoms with Crippen LogP contribution in [0.4, 0.5) is 11.4 Å². The Hall–Kier alpha value is -3.17. The number of hydrogen-bond acceptors (Lipinski definition) is 6. The van der Waals surface area contributed by atoms with Gasteiger partial charge in [0, 0.05) is 24.8 Å². The summed E-state index contributed by atoms with van der Waals surface area (Å²) in [5.74, 6) is 0.699. The third-order valence-corrected chi connectivity index (χ3v) is 3.73. The molecular weight excluding hydrogens is 290 g/mol. The molecule has 6 nitrogen and oxygen atoms in total. The minimum absolute atomic E-state index is 0.0669. The zero-order valence-electron chi connectivity index (χ0n) is 13.0. The smallest absolute Gasteiger partial charge is 0.163 e. The lowest BCUT2D eigenvalue weighted by molar-refractivity contribution is 0.413. The fourth-order valence-electron chi connectivity index (χ4n) is 2.58. The largest absolute Gasteiger partial charge is 0.495 e. The van der Waals surface area contributed by atoms with Crippen LogP contribution in [0.5, 0.6) is 5.75 Å². The summed E-state index contributed by atoms with van der Waals surface area (Å²) in [5, 5.41) is 29.6. The van der Waals surface area contributed by atoms with E-state index < -0.39 is 0 Å². The summed E-state index contributed by atoms with van der Waals surface area (Å²) in [4.78, 5) is 2.28. The van der Waals surface area contributed by atoms with Gasteiger partial charge in [-0.25, -0.2) is 0 Å². The normalized spacial score (nSPS) is 13.2. The van der Waals surface area contributed by atoms with Crippen molar-refractivity contribution in [2.24, 2.45) is 0 Å². The van der Waals surface area contributed by atoms with Gasteiger partial charge in [0.25, 0.3) is 0 Å². The highest BCUT2D eigenvalue weighted by atomic mass is 16.5. The van der Waals surface area contributed by atoms with Crippen molar-refractivity contribution in [3.05, 3.63) is 29.5 Å². The summed E-state index contributed by atoms with van der Waals surface area (Å²) in [5.41, 5.74) is 1.30. The molecule has 1 aromatic carbocycles. The lowest BCUT2D eigenvalue weighted by Crippen LogP contribution is -2.29. The van der Waals surface area contributed by atoms with Crippen LogP contribution in [0, 0.1) is 34.0 Å².